The number of anilines is 1. The third-order valence-electron chi connectivity index (χ3n) is 3.40. The Hall–Kier alpha value is -2.75. The first kappa shape index (κ1) is 17.1. The van der Waals surface area contributed by atoms with Crippen molar-refractivity contribution in [2.24, 2.45) is 5.92 Å². The van der Waals surface area contributed by atoms with E-state index in [1.807, 2.05) is 0 Å². The summed E-state index contributed by atoms with van der Waals surface area (Å²) in [5.74, 6) is 1.37. The van der Waals surface area contributed by atoms with Gasteiger partial charge >= 0.3 is 6.03 Å². The third-order valence-corrected chi connectivity index (χ3v) is 4.18. The van der Waals surface area contributed by atoms with Gasteiger partial charge in [-0.1, -0.05) is 19.0 Å². The van der Waals surface area contributed by atoms with Gasteiger partial charge in [-0.25, -0.2) is 9.78 Å². The molecule has 0 bridgehead atoms. The number of hydrogen-bond donors (Lipinski definition) is 1. The molecule has 25 heavy (non-hydrogen) atoms. The van der Waals surface area contributed by atoms with Crippen molar-refractivity contribution in [3.05, 3.63) is 39.8 Å². The van der Waals surface area contributed by atoms with Gasteiger partial charge in [0.15, 0.2) is 10.8 Å². The van der Waals surface area contributed by atoms with Gasteiger partial charge in [-0.2, -0.15) is 4.98 Å². The molecular weight excluding hydrogens is 344 g/mol. The molecule has 0 aliphatic heterocycles. The van der Waals surface area contributed by atoms with Crippen LogP contribution >= 0.6 is 11.3 Å². The zero-order chi connectivity index (χ0) is 18.0. The quantitative estimate of drug-likeness (QED) is 0.744. The van der Waals surface area contributed by atoms with Crippen molar-refractivity contribution in [3.63, 3.8) is 0 Å². The first-order valence-corrected chi connectivity index (χ1v) is 8.60. The van der Waals surface area contributed by atoms with Crippen LogP contribution in [0, 0.1) is 5.92 Å². The molecule has 0 atom stereocenters. The molecule has 0 saturated carbocycles. The minimum Gasteiger partial charge on any atom is -0.337 e. The van der Waals surface area contributed by atoms with Gasteiger partial charge in [0.05, 0.1) is 6.20 Å². The molecule has 0 aliphatic rings. The number of carbonyl (C=O) groups is 1. The van der Waals surface area contributed by atoms with Gasteiger partial charge in [0.1, 0.15) is 12.2 Å². The summed E-state index contributed by atoms with van der Waals surface area (Å²) in [6.07, 6.45) is 3.68. The van der Waals surface area contributed by atoms with E-state index in [0.717, 1.165) is 0 Å². The van der Waals surface area contributed by atoms with Gasteiger partial charge < -0.3 is 14.7 Å². The van der Waals surface area contributed by atoms with Crippen molar-refractivity contribution in [3.8, 4) is 0 Å². The van der Waals surface area contributed by atoms with Crippen LogP contribution in [0.25, 0.3) is 4.96 Å². The Morgan fingerprint density at radius 3 is 3.04 bits per heavy atom. The maximum Gasteiger partial charge on any atom is 0.322 e. The number of fused-ring (bicyclic) bond motifs is 1. The van der Waals surface area contributed by atoms with Crippen molar-refractivity contribution in [1.29, 1.82) is 0 Å². The summed E-state index contributed by atoms with van der Waals surface area (Å²) >= 11 is 1.34. The highest BCUT2D eigenvalue weighted by molar-refractivity contribution is 7.15. The molecule has 3 heterocycles. The molecule has 0 fully saturated rings. The highest BCUT2D eigenvalue weighted by Gasteiger charge is 2.16. The summed E-state index contributed by atoms with van der Waals surface area (Å²) in [6, 6.07) is -0.460. The normalized spacial score (nSPS) is 11.2. The van der Waals surface area contributed by atoms with Crippen LogP contribution in [0.2, 0.25) is 0 Å². The van der Waals surface area contributed by atoms with E-state index >= 15 is 0 Å². The topological polar surface area (TPSA) is 106 Å². The van der Waals surface area contributed by atoms with Gasteiger partial charge in [-0.05, 0) is 5.92 Å². The minimum absolute atomic E-state index is 0.110. The molecule has 0 aromatic carbocycles. The molecule has 0 unspecified atom stereocenters. The smallest absolute Gasteiger partial charge is 0.322 e. The van der Waals surface area contributed by atoms with E-state index in [4.69, 9.17) is 4.52 Å². The molecule has 10 heteroatoms. The number of nitrogens with zero attached hydrogens (tertiary/aromatic N) is 5. The molecule has 0 saturated heterocycles. The monoisotopic (exact) mass is 362 g/mol. The van der Waals surface area contributed by atoms with Crippen LogP contribution in [0.4, 0.5) is 10.5 Å². The van der Waals surface area contributed by atoms with Crippen LogP contribution in [-0.2, 0) is 13.0 Å². The van der Waals surface area contributed by atoms with Crippen LogP contribution in [0.1, 0.15) is 25.6 Å². The Morgan fingerprint density at radius 1 is 1.48 bits per heavy atom. The maximum absolute atomic E-state index is 12.3. The summed E-state index contributed by atoms with van der Waals surface area (Å²) in [7, 11) is 1.58. The third kappa shape index (κ3) is 3.85. The number of carbonyl (C=O) groups excluding carboxylic acids is 1. The average molecular weight is 362 g/mol. The Balaban J connectivity index is 1.66. The Morgan fingerprint density at radius 2 is 2.28 bits per heavy atom. The van der Waals surface area contributed by atoms with Gasteiger partial charge in [0.25, 0.3) is 5.56 Å². The van der Waals surface area contributed by atoms with Crippen molar-refractivity contribution in [2.45, 2.75) is 26.8 Å². The minimum atomic E-state index is -0.460. The van der Waals surface area contributed by atoms with E-state index in [1.165, 1.54) is 26.8 Å². The van der Waals surface area contributed by atoms with Crippen LogP contribution in [-0.4, -0.2) is 37.5 Å². The van der Waals surface area contributed by atoms with Crippen LogP contribution < -0.4 is 10.9 Å². The predicted octanol–water partition coefficient (Wildman–Crippen LogP) is 2.00. The SMILES string of the molecule is CC(C)Cc1noc(CN(C)C(=O)Nc2cnc3sccn3c2=O)n1. The molecule has 3 rings (SSSR count). The molecule has 1 N–H and O–H groups in total. The number of thiazole rings is 1. The fourth-order valence-electron chi connectivity index (χ4n) is 2.20. The summed E-state index contributed by atoms with van der Waals surface area (Å²) in [5, 5.41) is 8.20. The van der Waals surface area contributed by atoms with E-state index in [9.17, 15) is 9.59 Å². The summed E-state index contributed by atoms with van der Waals surface area (Å²) in [6.45, 7) is 4.27. The van der Waals surface area contributed by atoms with E-state index < -0.39 is 6.03 Å². The second-order valence-electron chi connectivity index (χ2n) is 6.02. The number of rotatable bonds is 5. The lowest BCUT2D eigenvalue weighted by molar-refractivity contribution is 0.213. The maximum atomic E-state index is 12.3. The molecular formula is C15H18N6O3S. The lowest BCUT2D eigenvalue weighted by Crippen LogP contribution is -2.33. The number of nitrogens with one attached hydrogen (secondary N) is 1. The zero-order valence-electron chi connectivity index (χ0n) is 14.1. The average Bonchev–Trinajstić information content (AvgIpc) is 3.19. The second-order valence-corrected chi connectivity index (χ2v) is 6.89. The summed E-state index contributed by atoms with van der Waals surface area (Å²) in [4.78, 5) is 34.9. The Bertz CT molecular complexity index is 944. The molecule has 0 radical (unpaired) electrons. The van der Waals surface area contributed by atoms with Crippen molar-refractivity contribution in [1.82, 2.24) is 24.4 Å². The number of urea groups is 1. The highest BCUT2D eigenvalue weighted by Crippen LogP contribution is 2.10. The van der Waals surface area contributed by atoms with Crippen molar-refractivity contribution in [2.75, 3.05) is 12.4 Å². The fraction of sp³-hybridized carbons (Fsp3) is 0.400. The molecule has 0 aliphatic carbocycles. The van der Waals surface area contributed by atoms with Crippen LogP contribution in [0.3, 0.4) is 0 Å². The molecule has 2 amide bonds. The lowest BCUT2D eigenvalue weighted by atomic mass is 10.1. The first-order valence-electron chi connectivity index (χ1n) is 7.72. The summed E-state index contributed by atoms with van der Waals surface area (Å²) in [5.41, 5.74) is -0.219. The van der Waals surface area contributed by atoms with E-state index in [0.29, 0.717) is 29.0 Å². The standard InChI is InChI=1S/C15H18N6O3S/c1-9(2)6-11-18-12(24-19-11)8-20(3)14(23)17-10-7-16-15-21(13(10)22)4-5-25-15/h4-5,7,9H,6,8H2,1-3H3,(H,17,23). The fourth-order valence-corrected chi connectivity index (χ4v) is 2.87. The van der Waals surface area contributed by atoms with Crippen molar-refractivity contribution >= 4 is 28.0 Å². The largest absolute Gasteiger partial charge is 0.337 e. The van der Waals surface area contributed by atoms with Crippen molar-refractivity contribution < 1.29 is 9.32 Å². The Labute approximate surface area is 147 Å². The molecule has 9 nitrogen and oxygen atoms in total. The number of aromatic nitrogens is 4. The summed E-state index contributed by atoms with van der Waals surface area (Å²) < 4.78 is 6.53. The van der Waals surface area contributed by atoms with Gasteiger partial charge in [-0.15, -0.1) is 11.3 Å². The zero-order valence-corrected chi connectivity index (χ0v) is 14.9. The van der Waals surface area contributed by atoms with E-state index in [2.05, 4.69) is 34.3 Å². The first-order chi connectivity index (χ1) is 11.9. The molecule has 3 aromatic heterocycles. The van der Waals surface area contributed by atoms with Crippen LogP contribution in [0.5, 0.6) is 0 Å². The lowest BCUT2D eigenvalue weighted by Gasteiger charge is -2.15. The molecule has 132 valence electrons. The van der Waals surface area contributed by atoms with E-state index in [-0.39, 0.29) is 17.8 Å². The van der Waals surface area contributed by atoms with Gasteiger partial charge in [0.2, 0.25) is 5.89 Å². The molecule has 0 spiro atoms. The predicted molar refractivity (Wildman–Crippen MR) is 92.7 cm³/mol. The highest BCUT2D eigenvalue weighted by atomic mass is 32.1. The van der Waals surface area contributed by atoms with Crippen LogP contribution in [0.15, 0.2) is 27.1 Å². The van der Waals surface area contributed by atoms with Gasteiger partial charge in [-0.3, -0.25) is 9.20 Å². The second kappa shape index (κ2) is 7.01. The molecule has 3 aromatic rings. The number of hydrogen-bond acceptors (Lipinski definition) is 7. The van der Waals surface area contributed by atoms with Gasteiger partial charge in [0, 0.05) is 25.0 Å². The van der Waals surface area contributed by atoms with E-state index in [1.54, 1.807) is 18.6 Å². The number of amides is 2. The Kier molecular flexibility index (Phi) is 4.79.